The smallest absolute Gasteiger partial charge is 0.0316 e. The third-order valence-electron chi connectivity index (χ3n) is 3.95. The van der Waals surface area contributed by atoms with Crippen molar-refractivity contribution in [1.82, 2.24) is 5.32 Å². The van der Waals surface area contributed by atoms with Gasteiger partial charge in [0.2, 0.25) is 0 Å². The Morgan fingerprint density at radius 1 is 1.35 bits per heavy atom. The van der Waals surface area contributed by atoms with Gasteiger partial charge in [0.1, 0.15) is 0 Å². The van der Waals surface area contributed by atoms with Crippen molar-refractivity contribution in [2.45, 2.75) is 32.2 Å². The molecule has 1 aliphatic rings. The SMILES string of the molecule is CC1CC1CNC(C)(CN)Cc1ccccc1. The number of nitrogens with two attached hydrogens (primary N) is 1. The highest BCUT2D eigenvalue weighted by Gasteiger charge is 2.34. The van der Waals surface area contributed by atoms with Gasteiger partial charge in [-0.2, -0.15) is 0 Å². The maximum absolute atomic E-state index is 5.93. The molecule has 1 aromatic rings. The fourth-order valence-corrected chi connectivity index (χ4v) is 2.31. The Labute approximate surface area is 105 Å². The number of benzene rings is 1. The second-order valence-electron chi connectivity index (χ2n) is 5.78. The average molecular weight is 232 g/mol. The van der Waals surface area contributed by atoms with Crippen LogP contribution in [-0.2, 0) is 6.42 Å². The van der Waals surface area contributed by atoms with Crippen molar-refractivity contribution in [2.24, 2.45) is 17.6 Å². The quantitative estimate of drug-likeness (QED) is 0.789. The van der Waals surface area contributed by atoms with E-state index in [0.717, 1.165) is 24.8 Å². The summed E-state index contributed by atoms with van der Waals surface area (Å²) in [7, 11) is 0. The maximum Gasteiger partial charge on any atom is 0.0316 e. The molecule has 3 N–H and O–H groups in total. The van der Waals surface area contributed by atoms with Crippen molar-refractivity contribution in [3.8, 4) is 0 Å². The van der Waals surface area contributed by atoms with E-state index in [9.17, 15) is 0 Å². The standard InChI is InChI=1S/C15H24N2/c1-12-8-14(12)10-17-15(2,11-16)9-13-6-4-3-5-7-13/h3-7,12,14,17H,8-11,16H2,1-2H3. The third kappa shape index (κ3) is 3.55. The lowest BCUT2D eigenvalue weighted by atomic mass is 9.92. The van der Waals surface area contributed by atoms with Crippen molar-refractivity contribution in [3.05, 3.63) is 35.9 Å². The van der Waals surface area contributed by atoms with Crippen LogP contribution in [0.4, 0.5) is 0 Å². The van der Waals surface area contributed by atoms with Crippen LogP contribution >= 0.6 is 0 Å². The molecule has 2 heteroatoms. The minimum atomic E-state index is 0.0314. The first-order chi connectivity index (χ1) is 8.13. The molecule has 0 radical (unpaired) electrons. The van der Waals surface area contributed by atoms with Crippen molar-refractivity contribution >= 4 is 0 Å². The van der Waals surface area contributed by atoms with E-state index in [1.807, 2.05) is 0 Å². The monoisotopic (exact) mass is 232 g/mol. The van der Waals surface area contributed by atoms with Gasteiger partial charge in [-0.15, -0.1) is 0 Å². The van der Waals surface area contributed by atoms with Gasteiger partial charge in [0.05, 0.1) is 0 Å². The molecule has 0 amide bonds. The van der Waals surface area contributed by atoms with E-state index in [2.05, 4.69) is 49.5 Å². The van der Waals surface area contributed by atoms with Crippen molar-refractivity contribution in [3.63, 3.8) is 0 Å². The Bertz CT molecular complexity index is 349. The molecule has 0 saturated heterocycles. The molecule has 1 saturated carbocycles. The van der Waals surface area contributed by atoms with Gasteiger partial charge < -0.3 is 11.1 Å². The molecule has 3 unspecified atom stereocenters. The van der Waals surface area contributed by atoms with E-state index >= 15 is 0 Å². The molecule has 94 valence electrons. The molecular formula is C15H24N2. The van der Waals surface area contributed by atoms with Crippen LogP contribution < -0.4 is 11.1 Å². The summed E-state index contributed by atoms with van der Waals surface area (Å²) in [6.07, 6.45) is 2.38. The molecule has 0 aliphatic heterocycles. The minimum Gasteiger partial charge on any atom is -0.329 e. The van der Waals surface area contributed by atoms with E-state index in [1.165, 1.54) is 12.0 Å². The van der Waals surface area contributed by atoms with Crippen LogP contribution in [0.2, 0.25) is 0 Å². The summed E-state index contributed by atoms with van der Waals surface area (Å²) in [6, 6.07) is 10.6. The minimum absolute atomic E-state index is 0.0314. The molecular weight excluding hydrogens is 208 g/mol. The van der Waals surface area contributed by atoms with Gasteiger partial charge in [0.15, 0.2) is 0 Å². The summed E-state index contributed by atoms with van der Waals surface area (Å²) in [5.74, 6) is 1.78. The van der Waals surface area contributed by atoms with Crippen molar-refractivity contribution in [1.29, 1.82) is 0 Å². The summed E-state index contributed by atoms with van der Waals surface area (Å²) in [5, 5.41) is 3.66. The van der Waals surface area contributed by atoms with Gasteiger partial charge in [-0.05, 0) is 43.7 Å². The highest BCUT2D eigenvalue weighted by Crippen LogP contribution is 2.37. The Morgan fingerprint density at radius 2 is 2.00 bits per heavy atom. The van der Waals surface area contributed by atoms with E-state index in [0.29, 0.717) is 6.54 Å². The fraction of sp³-hybridized carbons (Fsp3) is 0.600. The molecule has 3 atom stereocenters. The van der Waals surface area contributed by atoms with E-state index < -0.39 is 0 Å². The molecule has 0 aromatic heterocycles. The van der Waals surface area contributed by atoms with E-state index in [1.54, 1.807) is 0 Å². The highest BCUT2D eigenvalue weighted by atomic mass is 15.0. The first-order valence-electron chi connectivity index (χ1n) is 6.62. The van der Waals surface area contributed by atoms with Crippen LogP contribution in [0.5, 0.6) is 0 Å². The molecule has 1 aliphatic carbocycles. The lowest BCUT2D eigenvalue weighted by molar-refractivity contribution is 0.352. The zero-order chi connectivity index (χ0) is 12.3. The van der Waals surface area contributed by atoms with Crippen LogP contribution in [0.1, 0.15) is 25.8 Å². The average Bonchev–Trinajstić information content (AvgIpc) is 3.04. The number of hydrogen-bond donors (Lipinski definition) is 2. The second-order valence-corrected chi connectivity index (χ2v) is 5.78. The zero-order valence-electron chi connectivity index (χ0n) is 10.9. The van der Waals surface area contributed by atoms with Crippen LogP contribution in [0.3, 0.4) is 0 Å². The van der Waals surface area contributed by atoms with Gasteiger partial charge in [-0.3, -0.25) is 0 Å². The number of nitrogens with one attached hydrogen (secondary N) is 1. The Kier molecular flexibility index (Phi) is 3.85. The first kappa shape index (κ1) is 12.6. The molecule has 1 fully saturated rings. The van der Waals surface area contributed by atoms with Crippen LogP contribution in [-0.4, -0.2) is 18.6 Å². The molecule has 0 bridgehead atoms. The lowest BCUT2D eigenvalue weighted by Crippen LogP contribution is -2.51. The van der Waals surface area contributed by atoms with Gasteiger partial charge in [0.25, 0.3) is 0 Å². The van der Waals surface area contributed by atoms with Gasteiger partial charge >= 0.3 is 0 Å². The van der Waals surface area contributed by atoms with Crippen molar-refractivity contribution in [2.75, 3.05) is 13.1 Å². The lowest BCUT2D eigenvalue weighted by Gasteiger charge is -2.30. The van der Waals surface area contributed by atoms with Crippen LogP contribution in [0.15, 0.2) is 30.3 Å². The summed E-state index contributed by atoms with van der Waals surface area (Å²) >= 11 is 0. The summed E-state index contributed by atoms with van der Waals surface area (Å²) in [6.45, 7) is 6.35. The van der Waals surface area contributed by atoms with Gasteiger partial charge in [-0.25, -0.2) is 0 Å². The molecule has 0 spiro atoms. The van der Waals surface area contributed by atoms with Crippen LogP contribution in [0.25, 0.3) is 0 Å². The summed E-state index contributed by atoms with van der Waals surface area (Å²) < 4.78 is 0. The van der Waals surface area contributed by atoms with Crippen molar-refractivity contribution < 1.29 is 0 Å². The molecule has 2 nitrogen and oxygen atoms in total. The normalized spacial score (nSPS) is 26.5. The van der Waals surface area contributed by atoms with Crippen LogP contribution in [0, 0.1) is 11.8 Å². The Morgan fingerprint density at radius 3 is 2.53 bits per heavy atom. The van der Waals surface area contributed by atoms with E-state index in [4.69, 9.17) is 5.73 Å². The summed E-state index contributed by atoms with van der Waals surface area (Å²) in [5.41, 5.74) is 7.32. The molecule has 17 heavy (non-hydrogen) atoms. The molecule has 0 heterocycles. The third-order valence-corrected chi connectivity index (χ3v) is 3.95. The number of hydrogen-bond acceptors (Lipinski definition) is 2. The number of rotatable bonds is 6. The molecule has 2 rings (SSSR count). The molecule has 1 aromatic carbocycles. The van der Waals surface area contributed by atoms with Gasteiger partial charge in [0, 0.05) is 12.1 Å². The predicted octanol–water partition coefficient (Wildman–Crippen LogP) is 2.19. The zero-order valence-corrected chi connectivity index (χ0v) is 10.9. The Hall–Kier alpha value is -0.860. The first-order valence-corrected chi connectivity index (χ1v) is 6.62. The highest BCUT2D eigenvalue weighted by molar-refractivity contribution is 5.17. The topological polar surface area (TPSA) is 38.0 Å². The van der Waals surface area contributed by atoms with E-state index in [-0.39, 0.29) is 5.54 Å². The Balaban J connectivity index is 1.89. The maximum atomic E-state index is 5.93. The second kappa shape index (κ2) is 5.19. The predicted molar refractivity (Wildman–Crippen MR) is 72.9 cm³/mol. The fourth-order valence-electron chi connectivity index (χ4n) is 2.31. The summed E-state index contributed by atoms with van der Waals surface area (Å²) in [4.78, 5) is 0. The van der Waals surface area contributed by atoms with Gasteiger partial charge in [-0.1, -0.05) is 37.3 Å². The largest absolute Gasteiger partial charge is 0.329 e.